The van der Waals surface area contributed by atoms with Crippen molar-refractivity contribution >= 4 is 22.7 Å². The van der Waals surface area contributed by atoms with Gasteiger partial charge in [0.25, 0.3) is 5.91 Å². The third-order valence-electron chi connectivity index (χ3n) is 6.37. The minimum absolute atomic E-state index is 0.0581. The van der Waals surface area contributed by atoms with Gasteiger partial charge in [0.05, 0.1) is 12.0 Å². The Balaban J connectivity index is 1.42. The number of aromatic nitrogens is 1. The number of hydrogen-bond donors (Lipinski definition) is 2. The smallest absolute Gasteiger partial charge is 0.254 e. The lowest BCUT2D eigenvalue weighted by molar-refractivity contribution is -0.124. The number of carbonyl (C=O) groups excluding carboxylic acids is 2. The number of benzene rings is 3. The molecule has 5 nitrogen and oxygen atoms in total. The molecule has 5 rings (SSSR count). The van der Waals surface area contributed by atoms with Gasteiger partial charge in [-0.25, -0.2) is 0 Å². The number of aromatic amines is 1. The minimum Gasteiger partial charge on any atom is -0.361 e. The molecule has 2 atom stereocenters. The highest BCUT2D eigenvalue weighted by Gasteiger charge is 2.42. The number of nitrogens with one attached hydrogen (secondary N) is 2. The van der Waals surface area contributed by atoms with Crippen molar-refractivity contribution in [1.82, 2.24) is 15.2 Å². The molecule has 0 radical (unpaired) electrons. The predicted octanol–water partition coefficient (Wildman–Crippen LogP) is 4.44. The molecular formula is C27H25N3O2. The van der Waals surface area contributed by atoms with Crippen LogP contribution in [0, 0.1) is 0 Å². The Labute approximate surface area is 187 Å². The summed E-state index contributed by atoms with van der Waals surface area (Å²) in [6.45, 7) is 0.526. The standard InChI is InChI=1S/C27H25N3O2/c1-30-25(18-9-3-2-4-10-18)24(21-12-5-6-13-22(21)27(30)32)26(31)28-16-15-19-17-29-23-14-8-7-11-20(19)23/h2-14,17,24-25,29H,15-16H2,1H3,(H,28,31)/t24-,25+/m0/s1. The summed E-state index contributed by atoms with van der Waals surface area (Å²) in [5.41, 5.74) is 4.61. The zero-order valence-electron chi connectivity index (χ0n) is 17.9. The fourth-order valence-corrected chi connectivity index (χ4v) is 4.79. The van der Waals surface area contributed by atoms with E-state index in [4.69, 9.17) is 0 Å². The van der Waals surface area contributed by atoms with E-state index in [0.29, 0.717) is 12.1 Å². The van der Waals surface area contributed by atoms with Crippen LogP contribution in [0.5, 0.6) is 0 Å². The van der Waals surface area contributed by atoms with E-state index < -0.39 is 5.92 Å². The number of H-pyrrole nitrogens is 1. The van der Waals surface area contributed by atoms with Crippen LogP contribution in [0.3, 0.4) is 0 Å². The van der Waals surface area contributed by atoms with Crippen molar-refractivity contribution < 1.29 is 9.59 Å². The van der Waals surface area contributed by atoms with Gasteiger partial charge < -0.3 is 15.2 Å². The van der Waals surface area contributed by atoms with Crippen molar-refractivity contribution in [3.8, 4) is 0 Å². The number of likely N-dealkylation sites (N-methyl/N-ethyl adjacent to an activating group) is 1. The fourth-order valence-electron chi connectivity index (χ4n) is 4.79. The molecule has 2 N–H and O–H groups in total. The molecule has 32 heavy (non-hydrogen) atoms. The molecule has 160 valence electrons. The van der Waals surface area contributed by atoms with Gasteiger partial charge in [-0.2, -0.15) is 0 Å². The number of carbonyl (C=O) groups is 2. The van der Waals surface area contributed by atoms with E-state index in [2.05, 4.69) is 16.4 Å². The van der Waals surface area contributed by atoms with Gasteiger partial charge in [-0.05, 0) is 35.2 Å². The lowest BCUT2D eigenvalue weighted by Gasteiger charge is -2.39. The molecule has 0 spiro atoms. The van der Waals surface area contributed by atoms with Gasteiger partial charge in [-0.15, -0.1) is 0 Å². The molecular weight excluding hydrogens is 398 g/mol. The van der Waals surface area contributed by atoms with Crippen LogP contribution in [0.4, 0.5) is 0 Å². The summed E-state index contributed by atoms with van der Waals surface area (Å²) in [6.07, 6.45) is 2.74. The third kappa shape index (κ3) is 3.46. The molecule has 0 aliphatic carbocycles. The summed E-state index contributed by atoms with van der Waals surface area (Å²) in [4.78, 5) is 31.6. The first kappa shape index (κ1) is 20.1. The number of para-hydroxylation sites is 1. The molecule has 0 unspecified atom stereocenters. The first-order chi connectivity index (χ1) is 15.6. The second-order valence-electron chi connectivity index (χ2n) is 8.24. The fraction of sp³-hybridized carbons (Fsp3) is 0.185. The lowest BCUT2D eigenvalue weighted by atomic mass is 9.79. The van der Waals surface area contributed by atoms with Crippen LogP contribution in [0.15, 0.2) is 85.1 Å². The van der Waals surface area contributed by atoms with Crippen LogP contribution in [0.25, 0.3) is 10.9 Å². The van der Waals surface area contributed by atoms with Crippen molar-refractivity contribution in [3.05, 3.63) is 107 Å². The van der Waals surface area contributed by atoms with E-state index in [-0.39, 0.29) is 17.9 Å². The normalized spacial score (nSPS) is 17.9. The molecule has 1 aliphatic heterocycles. The van der Waals surface area contributed by atoms with Gasteiger partial charge in [0.15, 0.2) is 0 Å². The van der Waals surface area contributed by atoms with E-state index in [1.54, 1.807) is 11.9 Å². The average molecular weight is 424 g/mol. The molecule has 5 heteroatoms. The van der Waals surface area contributed by atoms with Crippen molar-refractivity contribution in [1.29, 1.82) is 0 Å². The van der Waals surface area contributed by atoms with E-state index in [1.807, 2.05) is 79.0 Å². The number of hydrogen-bond acceptors (Lipinski definition) is 2. The van der Waals surface area contributed by atoms with Crippen LogP contribution >= 0.6 is 0 Å². The summed E-state index contributed by atoms with van der Waals surface area (Å²) in [5.74, 6) is -0.595. The highest BCUT2D eigenvalue weighted by Crippen LogP contribution is 2.41. The van der Waals surface area contributed by atoms with Crippen LogP contribution in [-0.2, 0) is 11.2 Å². The van der Waals surface area contributed by atoms with E-state index in [0.717, 1.165) is 23.1 Å². The molecule has 4 aromatic rings. The first-order valence-corrected chi connectivity index (χ1v) is 10.9. The molecule has 1 aliphatic rings. The summed E-state index contributed by atoms with van der Waals surface area (Å²) in [6, 6.07) is 25.1. The molecule has 2 heterocycles. The molecule has 0 saturated heterocycles. The van der Waals surface area contributed by atoms with Gasteiger partial charge in [0, 0.05) is 36.3 Å². The number of fused-ring (bicyclic) bond motifs is 2. The maximum Gasteiger partial charge on any atom is 0.254 e. The summed E-state index contributed by atoms with van der Waals surface area (Å²) < 4.78 is 0. The SMILES string of the molecule is CN1C(=O)c2ccccc2[C@H](C(=O)NCCc2c[nH]c3ccccc23)[C@H]1c1ccccc1. The Morgan fingerprint density at radius 1 is 0.969 bits per heavy atom. The largest absolute Gasteiger partial charge is 0.361 e. The quantitative estimate of drug-likeness (QED) is 0.499. The molecule has 1 aromatic heterocycles. The monoisotopic (exact) mass is 423 g/mol. The van der Waals surface area contributed by atoms with Gasteiger partial charge >= 0.3 is 0 Å². The molecule has 0 bridgehead atoms. The van der Waals surface area contributed by atoms with Gasteiger partial charge in [0.2, 0.25) is 5.91 Å². The number of amides is 2. The van der Waals surface area contributed by atoms with E-state index >= 15 is 0 Å². The molecule has 0 fully saturated rings. The zero-order chi connectivity index (χ0) is 22.1. The van der Waals surface area contributed by atoms with Crippen LogP contribution in [0.1, 0.15) is 39.0 Å². The van der Waals surface area contributed by atoms with Gasteiger partial charge in [-0.3, -0.25) is 9.59 Å². The summed E-state index contributed by atoms with van der Waals surface area (Å²) in [5, 5.41) is 4.32. The molecule has 3 aromatic carbocycles. The highest BCUT2D eigenvalue weighted by atomic mass is 16.2. The predicted molar refractivity (Wildman–Crippen MR) is 125 cm³/mol. The Hall–Kier alpha value is -3.86. The first-order valence-electron chi connectivity index (χ1n) is 10.9. The Bertz CT molecular complexity index is 1280. The lowest BCUT2D eigenvalue weighted by Crippen LogP contribution is -2.45. The minimum atomic E-state index is -0.473. The molecule has 2 amide bonds. The second-order valence-corrected chi connectivity index (χ2v) is 8.24. The second kappa shape index (κ2) is 8.35. The van der Waals surface area contributed by atoms with Crippen molar-refractivity contribution in [2.24, 2.45) is 0 Å². The maximum atomic E-state index is 13.5. The number of rotatable bonds is 5. The average Bonchev–Trinajstić information content (AvgIpc) is 3.25. The third-order valence-corrected chi connectivity index (χ3v) is 6.37. The van der Waals surface area contributed by atoms with Gasteiger partial charge in [-0.1, -0.05) is 66.7 Å². The Morgan fingerprint density at radius 3 is 2.53 bits per heavy atom. The number of nitrogens with zero attached hydrogens (tertiary/aromatic N) is 1. The molecule has 0 saturated carbocycles. The Kier molecular flexibility index (Phi) is 5.23. The van der Waals surface area contributed by atoms with Crippen molar-refractivity contribution in [2.75, 3.05) is 13.6 Å². The summed E-state index contributed by atoms with van der Waals surface area (Å²) in [7, 11) is 1.78. The van der Waals surface area contributed by atoms with E-state index in [1.165, 1.54) is 10.9 Å². The topological polar surface area (TPSA) is 65.2 Å². The van der Waals surface area contributed by atoms with Crippen molar-refractivity contribution in [2.45, 2.75) is 18.4 Å². The van der Waals surface area contributed by atoms with Crippen LogP contribution in [-0.4, -0.2) is 35.3 Å². The van der Waals surface area contributed by atoms with Crippen molar-refractivity contribution in [3.63, 3.8) is 0 Å². The summed E-state index contributed by atoms with van der Waals surface area (Å²) >= 11 is 0. The van der Waals surface area contributed by atoms with E-state index in [9.17, 15) is 9.59 Å². The highest BCUT2D eigenvalue weighted by molar-refractivity contribution is 6.01. The maximum absolute atomic E-state index is 13.5. The van der Waals surface area contributed by atoms with Gasteiger partial charge in [0.1, 0.15) is 0 Å². The zero-order valence-corrected chi connectivity index (χ0v) is 17.9. The van der Waals surface area contributed by atoms with Crippen LogP contribution < -0.4 is 5.32 Å². The van der Waals surface area contributed by atoms with Crippen LogP contribution in [0.2, 0.25) is 0 Å². The Morgan fingerprint density at radius 2 is 1.69 bits per heavy atom.